The maximum Gasteiger partial charge on any atom is 0.193 e. The van der Waals surface area contributed by atoms with Crippen molar-refractivity contribution in [3.8, 4) is 11.1 Å². The van der Waals surface area contributed by atoms with Crippen molar-refractivity contribution in [3.63, 3.8) is 0 Å². The molecule has 0 unspecified atom stereocenters. The highest BCUT2D eigenvalue weighted by Crippen LogP contribution is 2.21. The Morgan fingerprint density at radius 3 is 1.83 bits per heavy atom. The molecule has 0 aliphatic carbocycles. The minimum atomic E-state index is -0.119. The summed E-state index contributed by atoms with van der Waals surface area (Å²) in [7, 11) is 0. The minimum absolute atomic E-state index is 0.0140. The molecular weight excluding hydrogens is 296 g/mol. The molecule has 118 valence electrons. The molecule has 2 heteroatoms. The number of hydrogen-bond donors (Lipinski definition) is 0. The topological polar surface area (TPSA) is 34.1 Å². The van der Waals surface area contributed by atoms with Crippen LogP contribution in [-0.4, -0.2) is 11.6 Å². The van der Waals surface area contributed by atoms with Crippen LogP contribution in [0.2, 0.25) is 0 Å². The van der Waals surface area contributed by atoms with Gasteiger partial charge in [0.15, 0.2) is 11.6 Å². The summed E-state index contributed by atoms with van der Waals surface area (Å²) in [6, 6.07) is 24.5. The van der Waals surface area contributed by atoms with E-state index in [2.05, 4.69) is 0 Å². The van der Waals surface area contributed by atoms with Crippen LogP contribution >= 0.6 is 0 Å². The zero-order valence-corrected chi connectivity index (χ0v) is 13.5. The van der Waals surface area contributed by atoms with E-state index in [9.17, 15) is 9.59 Å². The third kappa shape index (κ3) is 3.18. The van der Waals surface area contributed by atoms with E-state index in [1.165, 1.54) is 0 Å². The highest BCUT2D eigenvalue weighted by Gasteiger charge is 2.16. The van der Waals surface area contributed by atoms with E-state index in [4.69, 9.17) is 0 Å². The van der Waals surface area contributed by atoms with Crippen molar-refractivity contribution >= 4 is 11.6 Å². The predicted molar refractivity (Wildman–Crippen MR) is 96.4 cm³/mol. The Bertz CT molecular complexity index is 862. The van der Waals surface area contributed by atoms with Gasteiger partial charge in [-0.3, -0.25) is 9.59 Å². The Morgan fingerprint density at radius 2 is 1.21 bits per heavy atom. The molecule has 3 rings (SSSR count). The van der Waals surface area contributed by atoms with Crippen LogP contribution < -0.4 is 0 Å². The van der Waals surface area contributed by atoms with E-state index >= 15 is 0 Å². The SMILES string of the molecule is CCC(=O)c1ccccc1C(=O)c1ccc(-c2ccccc2)cc1. The summed E-state index contributed by atoms with van der Waals surface area (Å²) in [5.74, 6) is -0.133. The Labute approximate surface area is 141 Å². The van der Waals surface area contributed by atoms with E-state index in [0.29, 0.717) is 23.1 Å². The number of rotatable bonds is 5. The molecule has 2 nitrogen and oxygen atoms in total. The molecule has 3 aromatic carbocycles. The van der Waals surface area contributed by atoms with Gasteiger partial charge in [0, 0.05) is 23.1 Å². The molecule has 0 saturated carbocycles. The molecule has 0 amide bonds. The van der Waals surface area contributed by atoms with Crippen molar-refractivity contribution in [2.45, 2.75) is 13.3 Å². The molecule has 0 bridgehead atoms. The van der Waals surface area contributed by atoms with E-state index in [1.54, 1.807) is 31.2 Å². The van der Waals surface area contributed by atoms with Gasteiger partial charge in [0.2, 0.25) is 0 Å². The van der Waals surface area contributed by atoms with Crippen LogP contribution in [0.25, 0.3) is 11.1 Å². The van der Waals surface area contributed by atoms with E-state index in [0.717, 1.165) is 11.1 Å². The maximum absolute atomic E-state index is 12.8. The van der Waals surface area contributed by atoms with Crippen LogP contribution in [0.5, 0.6) is 0 Å². The summed E-state index contributed by atoms with van der Waals surface area (Å²) in [6.45, 7) is 1.80. The van der Waals surface area contributed by atoms with Gasteiger partial charge in [-0.15, -0.1) is 0 Å². The second-order valence-electron chi connectivity index (χ2n) is 5.59. The van der Waals surface area contributed by atoms with Crippen molar-refractivity contribution in [2.24, 2.45) is 0 Å². The average Bonchev–Trinajstić information content (AvgIpc) is 2.67. The molecule has 0 spiro atoms. The smallest absolute Gasteiger partial charge is 0.193 e. The van der Waals surface area contributed by atoms with Gasteiger partial charge < -0.3 is 0 Å². The fourth-order valence-corrected chi connectivity index (χ4v) is 2.71. The van der Waals surface area contributed by atoms with Crippen molar-refractivity contribution in [3.05, 3.63) is 95.6 Å². The van der Waals surface area contributed by atoms with Crippen LogP contribution in [0.4, 0.5) is 0 Å². The third-order valence-electron chi connectivity index (χ3n) is 4.05. The molecule has 0 aliphatic heterocycles. The minimum Gasteiger partial charge on any atom is -0.294 e. The summed E-state index contributed by atoms with van der Waals surface area (Å²) < 4.78 is 0. The molecule has 0 aliphatic rings. The first-order chi connectivity index (χ1) is 11.7. The van der Waals surface area contributed by atoms with Gasteiger partial charge in [0.25, 0.3) is 0 Å². The molecule has 0 heterocycles. The number of benzene rings is 3. The molecule has 0 atom stereocenters. The maximum atomic E-state index is 12.8. The summed E-state index contributed by atoms with van der Waals surface area (Å²) >= 11 is 0. The lowest BCUT2D eigenvalue weighted by atomic mass is 9.94. The van der Waals surface area contributed by atoms with Gasteiger partial charge in [-0.05, 0) is 11.1 Å². The quantitative estimate of drug-likeness (QED) is 0.608. The Hall–Kier alpha value is -3.00. The number of ketones is 2. The van der Waals surface area contributed by atoms with Crippen molar-refractivity contribution in [1.82, 2.24) is 0 Å². The van der Waals surface area contributed by atoms with Gasteiger partial charge in [0.05, 0.1) is 0 Å². The molecule has 0 N–H and O–H groups in total. The van der Waals surface area contributed by atoms with Gasteiger partial charge in [-0.1, -0.05) is 85.8 Å². The van der Waals surface area contributed by atoms with Crippen molar-refractivity contribution in [1.29, 1.82) is 0 Å². The average molecular weight is 314 g/mol. The number of Topliss-reactive ketones (excluding diaryl/α,β-unsaturated/α-hetero) is 1. The highest BCUT2D eigenvalue weighted by molar-refractivity contribution is 6.15. The predicted octanol–water partition coefficient (Wildman–Crippen LogP) is 5.18. The van der Waals surface area contributed by atoms with Crippen molar-refractivity contribution in [2.75, 3.05) is 0 Å². The second kappa shape index (κ2) is 7.05. The van der Waals surface area contributed by atoms with E-state index < -0.39 is 0 Å². The summed E-state index contributed by atoms with van der Waals surface area (Å²) in [6.07, 6.45) is 0.386. The fraction of sp³-hybridized carbons (Fsp3) is 0.0909. The Balaban J connectivity index is 1.93. The zero-order valence-electron chi connectivity index (χ0n) is 13.5. The van der Waals surface area contributed by atoms with Crippen LogP contribution in [-0.2, 0) is 0 Å². The fourth-order valence-electron chi connectivity index (χ4n) is 2.71. The Morgan fingerprint density at radius 1 is 0.667 bits per heavy atom. The van der Waals surface area contributed by atoms with Gasteiger partial charge in [0.1, 0.15) is 0 Å². The first-order valence-electron chi connectivity index (χ1n) is 8.03. The highest BCUT2D eigenvalue weighted by atomic mass is 16.1. The van der Waals surface area contributed by atoms with Crippen LogP contribution in [0, 0.1) is 0 Å². The standard InChI is InChI=1S/C22H18O2/c1-2-21(23)19-10-6-7-11-20(19)22(24)18-14-12-17(13-15-18)16-8-4-3-5-9-16/h3-15H,2H2,1H3. The molecule has 0 fully saturated rings. The number of carbonyl (C=O) groups is 2. The molecule has 24 heavy (non-hydrogen) atoms. The molecule has 0 saturated heterocycles. The van der Waals surface area contributed by atoms with Crippen LogP contribution in [0.15, 0.2) is 78.9 Å². The monoisotopic (exact) mass is 314 g/mol. The van der Waals surface area contributed by atoms with Crippen LogP contribution in [0.1, 0.15) is 39.6 Å². The summed E-state index contributed by atoms with van der Waals surface area (Å²) in [5.41, 5.74) is 3.73. The molecule has 0 aromatic heterocycles. The van der Waals surface area contributed by atoms with E-state index in [-0.39, 0.29) is 11.6 Å². The normalized spacial score (nSPS) is 10.4. The zero-order chi connectivity index (χ0) is 16.9. The number of hydrogen-bond acceptors (Lipinski definition) is 2. The lowest BCUT2D eigenvalue weighted by Gasteiger charge is -2.08. The lowest BCUT2D eigenvalue weighted by molar-refractivity contribution is 0.0972. The van der Waals surface area contributed by atoms with Gasteiger partial charge >= 0.3 is 0 Å². The molecule has 3 aromatic rings. The summed E-state index contributed by atoms with van der Waals surface area (Å²) in [4.78, 5) is 24.8. The first-order valence-corrected chi connectivity index (χ1v) is 8.03. The van der Waals surface area contributed by atoms with Gasteiger partial charge in [-0.2, -0.15) is 0 Å². The van der Waals surface area contributed by atoms with Crippen LogP contribution in [0.3, 0.4) is 0 Å². The third-order valence-corrected chi connectivity index (χ3v) is 4.05. The Kier molecular flexibility index (Phi) is 4.66. The molecule has 0 radical (unpaired) electrons. The second-order valence-corrected chi connectivity index (χ2v) is 5.59. The largest absolute Gasteiger partial charge is 0.294 e. The first kappa shape index (κ1) is 15.9. The lowest BCUT2D eigenvalue weighted by Crippen LogP contribution is -2.09. The summed E-state index contributed by atoms with van der Waals surface area (Å²) in [5, 5.41) is 0. The molecular formula is C22H18O2. The van der Waals surface area contributed by atoms with E-state index in [1.807, 2.05) is 54.6 Å². The number of carbonyl (C=O) groups excluding carboxylic acids is 2. The van der Waals surface area contributed by atoms with Crippen molar-refractivity contribution < 1.29 is 9.59 Å². The van der Waals surface area contributed by atoms with Gasteiger partial charge in [-0.25, -0.2) is 0 Å².